The maximum Gasteiger partial charge on any atom is -0.0222 e. The molecular weight excluding hydrogens is 228 g/mol. The van der Waals surface area contributed by atoms with Crippen molar-refractivity contribution in [2.45, 2.75) is 67.2 Å². The number of aryl methyl sites for hydroxylation is 1. The van der Waals surface area contributed by atoms with E-state index in [4.69, 9.17) is 0 Å². The minimum Gasteiger partial charge on any atom is -0.0649 e. The van der Waals surface area contributed by atoms with Crippen LogP contribution < -0.4 is 0 Å². The van der Waals surface area contributed by atoms with Crippen LogP contribution in [0.15, 0.2) is 18.2 Å². The molecule has 0 saturated carbocycles. The maximum atomic E-state index is 2.46. The zero-order valence-electron chi connectivity index (χ0n) is 13.6. The SMILES string of the molecule is CCC(C)(C)CC1Cc2cc(C)ccc2CC1(C)C. The van der Waals surface area contributed by atoms with Crippen LogP contribution in [0.25, 0.3) is 0 Å². The van der Waals surface area contributed by atoms with E-state index in [1.807, 2.05) is 0 Å². The fourth-order valence-corrected chi connectivity index (χ4v) is 3.45. The van der Waals surface area contributed by atoms with Gasteiger partial charge in [-0.05, 0) is 54.1 Å². The van der Waals surface area contributed by atoms with Crippen molar-refractivity contribution in [1.82, 2.24) is 0 Å². The highest BCUT2D eigenvalue weighted by Gasteiger charge is 2.37. The molecule has 0 N–H and O–H groups in total. The van der Waals surface area contributed by atoms with E-state index in [2.05, 4.69) is 59.7 Å². The fraction of sp³-hybridized carbons (Fsp3) is 0.684. The highest BCUT2D eigenvalue weighted by Crippen LogP contribution is 2.45. The van der Waals surface area contributed by atoms with Crippen molar-refractivity contribution < 1.29 is 0 Å². The number of fused-ring (bicyclic) bond motifs is 1. The van der Waals surface area contributed by atoms with Crippen LogP contribution >= 0.6 is 0 Å². The van der Waals surface area contributed by atoms with E-state index < -0.39 is 0 Å². The van der Waals surface area contributed by atoms with Gasteiger partial charge in [-0.3, -0.25) is 0 Å². The lowest BCUT2D eigenvalue weighted by atomic mass is 9.62. The van der Waals surface area contributed by atoms with Crippen LogP contribution in [0.5, 0.6) is 0 Å². The van der Waals surface area contributed by atoms with E-state index in [9.17, 15) is 0 Å². The van der Waals surface area contributed by atoms with Crippen LogP contribution in [-0.2, 0) is 12.8 Å². The van der Waals surface area contributed by atoms with Crippen LogP contribution in [0.1, 0.15) is 64.2 Å². The van der Waals surface area contributed by atoms with Gasteiger partial charge in [0.2, 0.25) is 0 Å². The minimum atomic E-state index is 0.439. The zero-order valence-corrected chi connectivity index (χ0v) is 13.6. The molecule has 0 saturated heterocycles. The average molecular weight is 258 g/mol. The number of rotatable bonds is 3. The smallest absolute Gasteiger partial charge is 0.0222 e. The van der Waals surface area contributed by atoms with Crippen LogP contribution in [-0.4, -0.2) is 0 Å². The first kappa shape index (κ1) is 14.6. The van der Waals surface area contributed by atoms with Crippen molar-refractivity contribution >= 4 is 0 Å². The first-order valence-electron chi connectivity index (χ1n) is 7.82. The standard InChI is InChI=1S/C19H30/c1-7-18(3,4)13-17-11-16-10-14(2)8-9-15(16)12-19(17,5)6/h8-10,17H,7,11-13H2,1-6H3. The second kappa shape index (κ2) is 4.96. The summed E-state index contributed by atoms with van der Waals surface area (Å²) in [5.74, 6) is 0.816. The summed E-state index contributed by atoms with van der Waals surface area (Å²) in [6, 6.07) is 7.04. The van der Waals surface area contributed by atoms with E-state index in [0.29, 0.717) is 10.8 Å². The van der Waals surface area contributed by atoms with Gasteiger partial charge in [-0.1, -0.05) is 64.8 Å². The number of hydrogen-bond acceptors (Lipinski definition) is 0. The van der Waals surface area contributed by atoms with E-state index >= 15 is 0 Å². The molecule has 0 nitrogen and oxygen atoms in total. The van der Waals surface area contributed by atoms with Crippen LogP contribution in [0.4, 0.5) is 0 Å². The molecule has 1 aliphatic carbocycles. The van der Waals surface area contributed by atoms with Crippen molar-refractivity contribution in [1.29, 1.82) is 0 Å². The normalized spacial score (nSPS) is 22.1. The van der Waals surface area contributed by atoms with Gasteiger partial charge < -0.3 is 0 Å². The molecule has 1 aromatic carbocycles. The van der Waals surface area contributed by atoms with Gasteiger partial charge in [0.05, 0.1) is 0 Å². The van der Waals surface area contributed by atoms with Crippen LogP contribution in [0.2, 0.25) is 0 Å². The molecule has 0 radical (unpaired) electrons. The monoisotopic (exact) mass is 258 g/mol. The molecular formula is C19H30. The lowest BCUT2D eigenvalue weighted by Crippen LogP contribution is -2.36. The molecule has 0 fully saturated rings. The molecule has 1 aliphatic rings. The molecule has 0 spiro atoms. The van der Waals surface area contributed by atoms with Gasteiger partial charge >= 0.3 is 0 Å². The summed E-state index contributed by atoms with van der Waals surface area (Å²) in [4.78, 5) is 0. The number of hydrogen-bond donors (Lipinski definition) is 0. The lowest BCUT2D eigenvalue weighted by molar-refractivity contribution is 0.124. The van der Waals surface area contributed by atoms with Gasteiger partial charge in [-0.25, -0.2) is 0 Å². The molecule has 0 heteroatoms. The number of benzene rings is 1. The van der Waals surface area contributed by atoms with Crippen molar-refractivity contribution in [3.63, 3.8) is 0 Å². The Bertz CT molecular complexity index is 451. The first-order valence-corrected chi connectivity index (χ1v) is 7.82. The molecule has 0 amide bonds. The topological polar surface area (TPSA) is 0 Å². The van der Waals surface area contributed by atoms with Gasteiger partial charge in [-0.2, -0.15) is 0 Å². The molecule has 1 unspecified atom stereocenters. The quantitative estimate of drug-likeness (QED) is 0.665. The third kappa shape index (κ3) is 3.22. The minimum absolute atomic E-state index is 0.439. The zero-order chi connectivity index (χ0) is 14.3. The molecule has 1 atom stereocenters. The molecule has 0 aliphatic heterocycles. The molecule has 0 heterocycles. The van der Waals surface area contributed by atoms with Crippen molar-refractivity contribution in [2.24, 2.45) is 16.7 Å². The summed E-state index contributed by atoms with van der Waals surface area (Å²) in [7, 11) is 0. The Morgan fingerprint density at radius 1 is 1.21 bits per heavy atom. The molecule has 19 heavy (non-hydrogen) atoms. The predicted molar refractivity (Wildman–Crippen MR) is 84.5 cm³/mol. The largest absolute Gasteiger partial charge is 0.0649 e. The Morgan fingerprint density at radius 3 is 2.53 bits per heavy atom. The second-order valence-electron chi connectivity index (χ2n) is 8.06. The Kier molecular flexibility index (Phi) is 3.82. The molecule has 2 rings (SSSR count). The summed E-state index contributed by atoms with van der Waals surface area (Å²) < 4.78 is 0. The maximum absolute atomic E-state index is 2.46. The second-order valence-corrected chi connectivity index (χ2v) is 8.06. The van der Waals surface area contributed by atoms with Gasteiger partial charge in [-0.15, -0.1) is 0 Å². The Balaban J connectivity index is 2.26. The van der Waals surface area contributed by atoms with Gasteiger partial charge in [0, 0.05) is 0 Å². The van der Waals surface area contributed by atoms with Crippen molar-refractivity contribution in [2.75, 3.05) is 0 Å². The van der Waals surface area contributed by atoms with Gasteiger partial charge in [0.1, 0.15) is 0 Å². The van der Waals surface area contributed by atoms with Crippen LogP contribution in [0.3, 0.4) is 0 Å². The summed E-state index contributed by atoms with van der Waals surface area (Å²) in [5.41, 5.74) is 5.52. The highest BCUT2D eigenvalue weighted by molar-refractivity contribution is 5.35. The molecule has 106 valence electrons. The van der Waals surface area contributed by atoms with Crippen molar-refractivity contribution in [3.8, 4) is 0 Å². The predicted octanol–water partition coefficient (Wildman–Crippen LogP) is 5.56. The highest BCUT2D eigenvalue weighted by atomic mass is 14.4. The molecule has 0 bridgehead atoms. The summed E-state index contributed by atoms with van der Waals surface area (Å²) in [6.45, 7) is 14.3. The fourth-order valence-electron chi connectivity index (χ4n) is 3.45. The van der Waals surface area contributed by atoms with Gasteiger partial charge in [0.25, 0.3) is 0 Å². The van der Waals surface area contributed by atoms with E-state index in [1.54, 1.807) is 11.1 Å². The average Bonchev–Trinajstić information content (AvgIpc) is 2.30. The summed E-state index contributed by atoms with van der Waals surface area (Å²) >= 11 is 0. The third-order valence-electron chi connectivity index (χ3n) is 5.34. The molecule has 1 aromatic rings. The third-order valence-corrected chi connectivity index (χ3v) is 5.34. The van der Waals surface area contributed by atoms with E-state index in [1.165, 1.54) is 31.2 Å². The summed E-state index contributed by atoms with van der Waals surface area (Å²) in [6.07, 6.45) is 5.14. The molecule has 0 aromatic heterocycles. The Morgan fingerprint density at radius 2 is 1.89 bits per heavy atom. The van der Waals surface area contributed by atoms with Gasteiger partial charge in [0.15, 0.2) is 0 Å². The van der Waals surface area contributed by atoms with Crippen LogP contribution in [0, 0.1) is 23.7 Å². The lowest BCUT2D eigenvalue weighted by Gasteiger charge is -2.43. The summed E-state index contributed by atoms with van der Waals surface area (Å²) in [5, 5.41) is 0. The first-order chi connectivity index (χ1) is 8.73. The van der Waals surface area contributed by atoms with E-state index in [0.717, 1.165) is 5.92 Å². The Labute approximate surface area is 119 Å². The van der Waals surface area contributed by atoms with Crippen molar-refractivity contribution in [3.05, 3.63) is 34.9 Å². The Hall–Kier alpha value is -0.780. The van der Waals surface area contributed by atoms with E-state index in [-0.39, 0.29) is 0 Å².